The average molecular weight is 419 g/mol. The predicted molar refractivity (Wildman–Crippen MR) is 104 cm³/mol. The number of hydrogen-bond acceptors (Lipinski definition) is 3. The van der Waals surface area contributed by atoms with Crippen LogP contribution < -0.4 is 0 Å². The Morgan fingerprint density at radius 1 is 1.08 bits per heavy atom. The van der Waals surface area contributed by atoms with Crippen LogP contribution in [0.5, 0.6) is 0 Å². The summed E-state index contributed by atoms with van der Waals surface area (Å²) in [6.07, 6.45) is 1.69. The molecule has 0 radical (unpaired) electrons. The van der Waals surface area contributed by atoms with E-state index >= 15 is 0 Å². The second kappa shape index (κ2) is 5.99. The molecule has 1 aromatic carbocycles. The minimum Gasteiger partial charge on any atom is -0.318 e. The zero-order valence-corrected chi connectivity index (χ0v) is 16.2. The molecule has 0 unspecified atom stereocenters. The summed E-state index contributed by atoms with van der Waals surface area (Å²) >= 11 is 11.2. The topological polar surface area (TPSA) is 30.7 Å². The van der Waals surface area contributed by atoms with E-state index in [4.69, 9.17) is 11.6 Å². The van der Waals surface area contributed by atoms with Crippen molar-refractivity contribution in [2.45, 2.75) is 13.8 Å². The second-order valence-electron chi connectivity index (χ2n) is 5.62. The van der Waals surface area contributed by atoms with Gasteiger partial charge in [-0.15, -0.1) is 11.3 Å². The van der Waals surface area contributed by atoms with Gasteiger partial charge < -0.3 is 4.57 Å². The lowest BCUT2D eigenvalue weighted by atomic mass is 10.2. The van der Waals surface area contributed by atoms with Gasteiger partial charge in [0.05, 0.1) is 15.0 Å². The monoisotopic (exact) mass is 417 g/mol. The van der Waals surface area contributed by atoms with Crippen LogP contribution in [0.15, 0.2) is 47.1 Å². The Hall–Kier alpha value is -1.69. The van der Waals surface area contributed by atoms with Gasteiger partial charge in [0.2, 0.25) is 5.28 Å². The summed E-state index contributed by atoms with van der Waals surface area (Å²) in [6.45, 7) is 4.24. The lowest BCUT2D eigenvalue weighted by Gasteiger charge is -2.09. The predicted octanol–water partition coefficient (Wildman–Crippen LogP) is 6.18. The summed E-state index contributed by atoms with van der Waals surface area (Å²) in [5.41, 5.74) is 4.46. The third kappa shape index (κ3) is 2.66. The van der Waals surface area contributed by atoms with Crippen LogP contribution in [0.2, 0.25) is 5.28 Å². The van der Waals surface area contributed by atoms with Gasteiger partial charge in [-0.2, -0.15) is 0 Å². The van der Waals surface area contributed by atoms with E-state index in [-0.39, 0.29) is 5.28 Å². The summed E-state index contributed by atoms with van der Waals surface area (Å²) in [7, 11) is 0. The molecule has 3 aromatic heterocycles. The third-order valence-electron chi connectivity index (χ3n) is 3.98. The molecule has 0 aliphatic rings. The molecule has 0 saturated heterocycles. The van der Waals surface area contributed by atoms with E-state index in [0.29, 0.717) is 0 Å². The highest BCUT2D eigenvalue weighted by atomic mass is 79.9. The molecule has 0 aliphatic heterocycles. The SMILES string of the molecule is Cc1ccc(C)n1-c1ccc2sc(-c3nc(Cl)ncc3Br)cc2c1. The van der Waals surface area contributed by atoms with Crippen LogP contribution in [0.4, 0.5) is 0 Å². The van der Waals surface area contributed by atoms with E-state index in [2.05, 4.69) is 80.7 Å². The Balaban J connectivity index is 1.86. The lowest BCUT2D eigenvalue weighted by Crippen LogP contribution is -1.97. The van der Waals surface area contributed by atoms with E-state index in [0.717, 1.165) is 15.0 Å². The normalized spacial score (nSPS) is 11.3. The summed E-state index contributed by atoms with van der Waals surface area (Å²) in [5, 5.41) is 1.45. The van der Waals surface area contributed by atoms with Gasteiger partial charge in [0.15, 0.2) is 0 Å². The Kier molecular flexibility index (Phi) is 3.95. The summed E-state index contributed by atoms with van der Waals surface area (Å²) < 4.78 is 4.32. The van der Waals surface area contributed by atoms with Crippen molar-refractivity contribution in [3.63, 3.8) is 0 Å². The highest BCUT2D eigenvalue weighted by Crippen LogP contribution is 2.37. The van der Waals surface area contributed by atoms with Crippen molar-refractivity contribution >= 4 is 49.0 Å². The summed E-state index contributed by atoms with van der Waals surface area (Å²) in [4.78, 5) is 9.42. The molecular formula is C18H13BrClN3S. The molecule has 0 aliphatic carbocycles. The number of thiophene rings is 1. The number of fused-ring (bicyclic) bond motifs is 1. The zero-order valence-electron chi connectivity index (χ0n) is 13.0. The molecule has 0 atom stereocenters. The Bertz CT molecular complexity index is 1050. The largest absolute Gasteiger partial charge is 0.318 e. The third-order valence-corrected chi connectivity index (χ3v) is 5.86. The molecule has 4 aromatic rings. The number of hydrogen-bond donors (Lipinski definition) is 0. The smallest absolute Gasteiger partial charge is 0.222 e. The molecule has 0 amide bonds. The maximum Gasteiger partial charge on any atom is 0.222 e. The average Bonchev–Trinajstić information content (AvgIpc) is 3.12. The van der Waals surface area contributed by atoms with Gasteiger partial charge in [-0.1, -0.05) is 0 Å². The fourth-order valence-corrected chi connectivity index (χ4v) is 4.60. The molecule has 24 heavy (non-hydrogen) atoms. The number of aromatic nitrogens is 3. The van der Waals surface area contributed by atoms with Crippen LogP contribution in [-0.4, -0.2) is 14.5 Å². The van der Waals surface area contributed by atoms with Crippen LogP contribution in [0.1, 0.15) is 11.4 Å². The maximum absolute atomic E-state index is 5.95. The summed E-state index contributed by atoms with van der Waals surface area (Å²) in [6, 6.07) is 13.0. The van der Waals surface area contributed by atoms with Crippen molar-refractivity contribution in [2.75, 3.05) is 0 Å². The minimum atomic E-state index is 0.255. The number of rotatable bonds is 2. The van der Waals surface area contributed by atoms with E-state index < -0.39 is 0 Å². The van der Waals surface area contributed by atoms with Crippen molar-refractivity contribution < 1.29 is 0 Å². The van der Waals surface area contributed by atoms with Gasteiger partial charge in [0.1, 0.15) is 0 Å². The zero-order chi connectivity index (χ0) is 16.8. The second-order valence-corrected chi connectivity index (χ2v) is 7.90. The molecule has 3 nitrogen and oxygen atoms in total. The van der Waals surface area contributed by atoms with Crippen molar-refractivity contribution in [1.82, 2.24) is 14.5 Å². The van der Waals surface area contributed by atoms with E-state index in [1.165, 1.54) is 27.2 Å². The van der Waals surface area contributed by atoms with E-state index in [9.17, 15) is 0 Å². The number of halogens is 2. The highest BCUT2D eigenvalue weighted by molar-refractivity contribution is 9.10. The van der Waals surface area contributed by atoms with Crippen LogP contribution in [-0.2, 0) is 0 Å². The summed E-state index contributed by atoms with van der Waals surface area (Å²) in [5.74, 6) is 0. The molecule has 120 valence electrons. The molecule has 0 bridgehead atoms. The van der Waals surface area contributed by atoms with Gasteiger partial charge in [-0.25, -0.2) is 9.97 Å². The Morgan fingerprint density at radius 3 is 2.58 bits per heavy atom. The van der Waals surface area contributed by atoms with Gasteiger partial charge >= 0.3 is 0 Å². The van der Waals surface area contributed by atoms with E-state index in [1.54, 1.807) is 17.5 Å². The van der Waals surface area contributed by atoms with Crippen LogP contribution in [0, 0.1) is 13.8 Å². The molecule has 6 heteroatoms. The van der Waals surface area contributed by atoms with Crippen molar-refractivity contribution in [3.8, 4) is 16.3 Å². The molecular weight excluding hydrogens is 406 g/mol. The Labute approximate surface area is 157 Å². The quantitative estimate of drug-likeness (QED) is 0.364. The van der Waals surface area contributed by atoms with Crippen molar-refractivity contribution in [1.29, 1.82) is 0 Å². The van der Waals surface area contributed by atoms with Crippen LogP contribution in [0.3, 0.4) is 0 Å². The maximum atomic E-state index is 5.95. The first kappa shape index (κ1) is 15.8. The van der Waals surface area contributed by atoms with E-state index in [1.807, 2.05) is 0 Å². The number of nitrogens with zero attached hydrogens (tertiary/aromatic N) is 3. The molecule has 4 rings (SSSR count). The van der Waals surface area contributed by atoms with Crippen LogP contribution in [0.25, 0.3) is 26.3 Å². The first-order valence-electron chi connectivity index (χ1n) is 7.40. The van der Waals surface area contributed by atoms with Gasteiger partial charge in [0, 0.05) is 28.0 Å². The Morgan fingerprint density at radius 2 is 1.83 bits per heavy atom. The number of benzene rings is 1. The highest BCUT2D eigenvalue weighted by Gasteiger charge is 2.12. The first-order chi connectivity index (χ1) is 11.5. The van der Waals surface area contributed by atoms with Gasteiger partial charge in [-0.05, 0) is 83.2 Å². The van der Waals surface area contributed by atoms with Gasteiger partial charge in [0.25, 0.3) is 0 Å². The molecule has 0 fully saturated rings. The van der Waals surface area contributed by atoms with Crippen LogP contribution >= 0.6 is 38.9 Å². The molecule has 0 N–H and O–H groups in total. The molecule has 0 saturated carbocycles. The van der Waals surface area contributed by atoms with Crippen molar-refractivity contribution in [3.05, 3.63) is 63.7 Å². The lowest BCUT2D eigenvalue weighted by molar-refractivity contribution is 0.968. The fraction of sp³-hybridized carbons (Fsp3) is 0.111. The molecule has 3 heterocycles. The van der Waals surface area contributed by atoms with Gasteiger partial charge in [-0.3, -0.25) is 0 Å². The number of aryl methyl sites for hydroxylation is 2. The van der Waals surface area contributed by atoms with Crippen molar-refractivity contribution in [2.24, 2.45) is 0 Å². The minimum absolute atomic E-state index is 0.255. The first-order valence-corrected chi connectivity index (χ1v) is 9.39. The fourth-order valence-electron chi connectivity index (χ4n) is 2.88. The standard InChI is InChI=1S/C18H13BrClN3S/c1-10-3-4-11(2)23(10)13-5-6-15-12(7-13)8-16(24-15)17-14(19)9-21-18(20)22-17/h3-9H,1-2H3. The molecule has 0 spiro atoms.